The monoisotopic (exact) mass is 348 g/mol. The molecule has 0 atom stereocenters. The van der Waals surface area contributed by atoms with Gasteiger partial charge in [0.05, 0.1) is 5.92 Å². The molecule has 2 aromatic rings. The van der Waals surface area contributed by atoms with E-state index in [-0.39, 0.29) is 17.7 Å². The van der Waals surface area contributed by atoms with E-state index in [1.807, 2.05) is 49.4 Å². The number of aryl methyl sites for hydroxylation is 1. The molecule has 1 fully saturated rings. The topological polar surface area (TPSA) is 43.4 Å². The molecule has 0 spiro atoms. The van der Waals surface area contributed by atoms with Crippen molar-refractivity contribution < 1.29 is 14.3 Å². The normalized spacial score (nSPS) is 15.1. The van der Waals surface area contributed by atoms with Crippen molar-refractivity contribution in [2.75, 3.05) is 0 Å². The van der Waals surface area contributed by atoms with Crippen LogP contribution in [0.2, 0.25) is 0 Å². The van der Waals surface area contributed by atoms with Gasteiger partial charge < -0.3 is 4.74 Å². The van der Waals surface area contributed by atoms with Crippen molar-refractivity contribution in [1.82, 2.24) is 0 Å². The molecule has 0 amide bonds. The van der Waals surface area contributed by atoms with Crippen molar-refractivity contribution in [3.63, 3.8) is 0 Å². The third kappa shape index (κ3) is 4.69. The van der Waals surface area contributed by atoms with Gasteiger partial charge in [-0.15, -0.1) is 0 Å². The SMILES string of the molecule is Cc1ccc(C(=O)C=Cc2ccccc2OC(=O)C2CCCCC2)cc1. The third-order valence-corrected chi connectivity index (χ3v) is 4.82. The predicted molar refractivity (Wildman–Crippen MR) is 103 cm³/mol. The highest BCUT2D eigenvalue weighted by molar-refractivity contribution is 6.07. The summed E-state index contributed by atoms with van der Waals surface area (Å²) in [5.74, 6) is 0.278. The number of allylic oxidation sites excluding steroid dienone is 1. The van der Waals surface area contributed by atoms with Crippen molar-refractivity contribution in [3.8, 4) is 5.75 Å². The van der Waals surface area contributed by atoms with Crippen LogP contribution in [-0.4, -0.2) is 11.8 Å². The summed E-state index contributed by atoms with van der Waals surface area (Å²) in [7, 11) is 0. The molecule has 0 aliphatic heterocycles. The Kier molecular flexibility index (Phi) is 6.00. The number of ether oxygens (including phenoxy) is 1. The Morgan fingerprint density at radius 2 is 1.65 bits per heavy atom. The molecule has 0 radical (unpaired) electrons. The lowest BCUT2D eigenvalue weighted by molar-refractivity contribution is -0.140. The quantitative estimate of drug-likeness (QED) is 0.315. The van der Waals surface area contributed by atoms with Crippen LogP contribution in [0.25, 0.3) is 6.08 Å². The number of ketones is 1. The first kappa shape index (κ1) is 18.1. The summed E-state index contributed by atoms with van der Waals surface area (Å²) in [4.78, 5) is 24.7. The molecule has 3 nitrogen and oxygen atoms in total. The second-order valence-electron chi connectivity index (χ2n) is 6.86. The van der Waals surface area contributed by atoms with E-state index in [4.69, 9.17) is 4.74 Å². The molecule has 0 saturated heterocycles. The molecule has 0 aromatic heterocycles. The fraction of sp³-hybridized carbons (Fsp3) is 0.304. The van der Waals surface area contributed by atoms with Crippen molar-refractivity contribution in [2.24, 2.45) is 5.92 Å². The molecular weight excluding hydrogens is 324 g/mol. The third-order valence-electron chi connectivity index (χ3n) is 4.82. The van der Waals surface area contributed by atoms with Gasteiger partial charge in [0.25, 0.3) is 0 Å². The van der Waals surface area contributed by atoms with Gasteiger partial charge in [0.1, 0.15) is 5.75 Å². The van der Waals surface area contributed by atoms with Crippen LogP contribution in [0.5, 0.6) is 5.75 Å². The Bertz CT molecular complexity index is 796. The molecule has 134 valence electrons. The Morgan fingerprint density at radius 3 is 2.38 bits per heavy atom. The molecular formula is C23H24O3. The minimum Gasteiger partial charge on any atom is -0.426 e. The zero-order chi connectivity index (χ0) is 18.4. The number of hydrogen-bond acceptors (Lipinski definition) is 3. The van der Waals surface area contributed by atoms with Crippen LogP contribution in [0.15, 0.2) is 54.6 Å². The van der Waals surface area contributed by atoms with Crippen LogP contribution in [-0.2, 0) is 4.79 Å². The fourth-order valence-electron chi connectivity index (χ4n) is 3.22. The number of hydrogen-bond donors (Lipinski definition) is 0. The molecule has 0 bridgehead atoms. The van der Waals surface area contributed by atoms with E-state index in [0.29, 0.717) is 11.3 Å². The number of benzene rings is 2. The number of para-hydroxylation sites is 1. The molecule has 0 N–H and O–H groups in total. The van der Waals surface area contributed by atoms with E-state index >= 15 is 0 Å². The molecule has 3 heteroatoms. The lowest BCUT2D eigenvalue weighted by Gasteiger charge is -2.20. The van der Waals surface area contributed by atoms with E-state index in [1.165, 1.54) is 12.5 Å². The smallest absolute Gasteiger partial charge is 0.314 e. The summed E-state index contributed by atoms with van der Waals surface area (Å²) in [5, 5.41) is 0. The summed E-state index contributed by atoms with van der Waals surface area (Å²) in [6, 6.07) is 14.8. The molecule has 26 heavy (non-hydrogen) atoms. The van der Waals surface area contributed by atoms with Crippen molar-refractivity contribution in [2.45, 2.75) is 39.0 Å². The number of carbonyl (C=O) groups excluding carboxylic acids is 2. The van der Waals surface area contributed by atoms with Crippen LogP contribution in [0, 0.1) is 12.8 Å². The number of rotatable bonds is 5. The zero-order valence-corrected chi connectivity index (χ0v) is 15.1. The Balaban J connectivity index is 1.71. The molecule has 0 heterocycles. The number of esters is 1. The first-order valence-corrected chi connectivity index (χ1v) is 9.23. The van der Waals surface area contributed by atoms with Gasteiger partial charge >= 0.3 is 5.97 Å². The maximum atomic E-state index is 12.4. The van der Waals surface area contributed by atoms with Crippen molar-refractivity contribution in [1.29, 1.82) is 0 Å². The molecule has 0 unspecified atom stereocenters. The fourth-order valence-corrected chi connectivity index (χ4v) is 3.22. The Labute approximate surface area is 154 Å². The van der Waals surface area contributed by atoms with Gasteiger partial charge in [-0.1, -0.05) is 67.3 Å². The highest BCUT2D eigenvalue weighted by atomic mass is 16.5. The van der Waals surface area contributed by atoms with Crippen LogP contribution in [0.1, 0.15) is 53.6 Å². The van der Waals surface area contributed by atoms with Crippen molar-refractivity contribution >= 4 is 17.8 Å². The molecule has 1 saturated carbocycles. The van der Waals surface area contributed by atoms with Crippen LogP contribution in [0.3, 0.4) is 0 Å². The predicted octanol–water partition coefficient (Wildman–Crippen LogP) is 5.38. The maximum absolute atomic E-state index is 12.4. The summed E-state index contributed by atoms with van der Waals surface area (Å²) >= 11 is 0. The Hall–Kier alpha value is -2.68. The maximum Gasteiger partial charge on any atom is 0.314 e. The lowest BCUT2D eigenvalue weighted by atomic mass is 9.89. The number of carbonyl (C=O) groups is 2. The van der Waals surface area contributed by atoms with Gasteiger partial charge in [-0.05, 0) is 38.0 Å². The highest BCUT2D eigenvalue weighted by Gasteiger charge is 2.23. The van der Waals surface area contributed by atoms with E-state index in [9.17, 15) is 9.59 Å². The van der Waals surface area contributed by atoms with Gasteiger partial charge in [-0.25, -0.2) is 0 Å². The summed E-state index contributed by atoms with van der Waals surface area (Å²) in [5.41, 5.74) is 2.49. The van der Waals surface area contributed by atoms with E-state index in [1.54, 1.807) is 12.1 Å². The second kappa shape index (κ2) is 8.61. The standard InChI is InChI=1S/C23H24O3/c1-17-11-13-18(14-12-17)21(24)16-15-19-7-5-6-10-22(19)26-23(25)20-8-3-2-4-9-20/h5-7,10-16,20H,2-4,8-9H2,1H3. The van der Waals surface area contributed by atoms with Crippen LogP contribution < -0.4 is 4.74 Å². The van der Waals surface area contributed by atoms with Gasteiger partial charge in [-0.2, -0.15) is 0 Å². The summed E-state index contributed by atoms with van der Waals surface area (Å²) in [6.07, 6.45) is 8.43. The minimum atomic E-state index is -0.157. The van der Waals surface area contributed by atoms with E-state index in [0.717, 1.165) is 36.8 Å². The lowest BCUT2D eigenvalue weighted by Crippen LogP contribution is -2.23. The molecule has 1 aliphatic rings. The summed E-state index contributed by atoms with van der Waals surface area (Å²) < 4.78 is 5.64. The average Bonchev–Trinajstić information content (AvgIpc) is 2.68. The minimum absolute atomic E-state index is 0.00465. The van der Waals surface area contributed by atoms with Gasteiger partial charge in [0, 0.05) is 11.1 Å². The van der Waals surface area contributed by atoms with Gasteiger partial charge in [0.15, 0.2) is 5.78 Å². The molecule has 1 aliphatic carbocycles. The van der Waals surface area contributed by atoms with Gasteiger partial charge in [0.2, 0.25) is 0 Å². The molecule has 3 rings (SSSR count). The van der Waals surface area contributed by atoms with E-state index < -0.39 is 0 Å². The first-order valence-electron chi connectivity index (χ1n) is 9.23. The van der Waals surface area contributed by atoms with E-state index in [2.05, 4.69) is 0 Å². The first-order chi connectivity index (χ1) is 12.6. The van der Waals surface area contributed by atoms with Crippen molar-refractivity contribution in [3.05, 3.63) is 71.3 Å². The average molecular weight is 348 g/mol. The van der Waals surface area contributed by atoms with Gasteiger partial charge in [-0.3, -0.25) is 9.59 Å². The summed E-state index contributed by atoms with van der Waals surface area (Å²) in [6.45, 7) is 1.99. The highest BCUT2D eigenvalue weighted by Crippen LogP contribution is 2.27. The zero-order valence-electron chi connectivity index (χ0n) is 15.1. The van der Waals surface area contributed by atoms with Crippen LogP contribution >= 0.6 is 0 Å². The largest absolute Gasteiger partial charge is 0.426 e. The van der Waals surface area contributed by atoms with Crippen LogP contribution in [0.4, 0.5) is 0 Å². The molecule has 2 aromatic carbocycles. The Morgan fingerprint density at radius 1 is 0.962 bits per heavy atom. The second-order valence-corrected chi connectivity index (χ2v) is 6.86.